The van der Waals surface area contributed by atoms with Gasteiger partial charge in [0.15, 0.2) is 9.84 Å². The summed E-state index contributed by atoms with van der Waals surface area (Å²) in [7, 11) is -3.23. The molecule has 0 saturated carbocycles. The first-order valence-electron chi connectivity index (χ1n) is 4.82. The largest absolute Gasteiger partial charge is 0.481 e. The van der Waals surface area contributed by atoms with Crippen molar-refractivity contribution in [1.82, 2.24) is 0 Å². The fourth-order valence-corrected chi connectivity index (χ4v) is 2.11. The lowest BCUT2D eigenvalue weighted by molar-refractivity contribution is -0.137. The summed E-state index contributed by atoms with van der Waals surface area (Å²) in [6, 6.07) is 6.40. The Labute approximate surface area is 94.8 Å². The molecule has 5 heteroatoms. The normalized spacial score (nSPS) is 13.4. The first kappa shape index (κ1) is 12.7. The van der Waals surface area contributed by atoms with E-state index in [0.717, 1.165) is 11.8 Å². The summed E-state index contributed by atoms with van der Waals surface area (Å²) in [5.74, 6) is -1.09. The SMILES string of the molecule is CC(CC(=O)O)c1cccc(S(C)(=O)=O)c1. The molecule has 4 nitrogen and oxygen atoms in total. The number of carboxylic acid groups (broad SMARTS) is 1. The second kappa shape index (κ2) is 4.65. The van der Waals surface area contributed by atoms with Gasteiger partial charge in [0.05, 0.1) is 11.3 Å². The average molecular weight is 242 g/mol. The molecule has 0 bridgehead atoms. The van der Waals surface area contributed by atoms with Gasteiger partial charge in [-0.2, -0.15) is 0 Å². The quantitative estimate of drug-likeness (QED) is 0.871. The second-order valence-corrected chi connectivity index (χ2v) is 5.86. The fraction of sp³-hybridized carbons (Fsp3) is 0.364. The van der Waals surface area contributed by atoms with Crippen molar-refractivity contribution in [3.63, 3.8) is 0 Å². The van der Waals surface area contributed by atoms with E-state index >= 15 is 0 Å². The molecule has 0 heterocycles. The van der Waals surface area contributed by atoms with Gasteiger partial charge in [-0.05, 0) is 23.6 Å². The third-order valence-corrected chi connectivity index (χ3v) is 3.45. The molecule has 16 heavy (non-hydrogen) atoms. The summed E-state index contributed by atoms with van der Waals surface area (Å²) in [6.45, 7) is 1.76. The molecule has 0 aromatic heterocycles. The molecule has 88 valence electrons. The van der Waals surface area contributed by atoms with E-state index in [4.69, 9.17) is 5.11 Å². The first-order chi connectivity index (χ1) is 7.30. The van der Waals surface area contributed by atoms with Crippen LogP contribution in [0.4, 0.5) is 0 Å². The molecule has 0 aliphatic heterocycles. The molecule has 0 radical (unpaired) electrons. The van der Waals surface area contributed by atoms with Crippen molar-refractivity contribution in [1.29, 1.82) is 0 Å². The van der Waals surface area contributed by atoms with Crippen LogP contribution in [0.25, 0.3) is 0 Å². The Morgan fingerprint density at radius 1 is 1.44 bits per heavy atom. The average Bonchev–Trinajstić information content (AvgIpc) is 2.15. The van der Waals surface area contributed by atoms with Gasteiger partial charge in [0.2, 0.25) is 0 Å². The van der Waals surface area contributed by atoms with Crippen LogP contribution < -0.4 is 0 Å². The summed E-state index contributed by atoms with van der Waals surface area (Å²) >= 11 is 0. The first-order valence-corrected chi connectivity index (χ1v) is 6.71. The van der Waals surface area contributed by atoms with Gasteiger partial charge in [0.25, 0.3) is 0 Å². The van der Waals surface area contributed by atoms with Crippen molar-refractivity contribution in [2.45, 2.75) is 24.2 Å². The molecule has 0 spiro atoms. The molecule has 1 aromatic rings. The molecule has 0 saturated heterocycles. The van der Waals surface area contributed by atoms with Crippen LogP contribution in [-0.4, -0.2) is 25.7 Å². The van der Waals surface area contributed by atoms with Crippen molar-refractivity contribution in [3.8, 4) is 0 Å². The smallest absolute Gasteiger partial charge is 0.303 e. The number of hydrogen-bond donors (Lipinski definition) is 1. The van der Waals surface area contributed by atoms with E-state index in [1.54, 1.807) is 19.1 Å². The van der Waals surface area contributed by atoms with Crippen LogP contribution in [0.3, 0.4) is 0 Å². The summed E-state index contributed by atoms with van der Waals surface area (Å²) in [5, 5.41) is 8.66. The Morgan fingerprint density at radius 3 is 2.56 bits per heavy atom. The number of sulfone groups is 1. The number of aliphatic carboxylic acids is 1. The monoisotopic (exact) mass is 242 g/mol. The lowest BCUT2D eigenvalue weighted by Gasteiger charge is -2.10. The zero-order valence-electron chi connectivity index (χ0n) is 9.17. The van der Waals surface area contributed by atoms with E-state index in [9.17, 15) is 13.2 Å². The predicted octanol–water partition coefficient (Wildman–Crippen LogP) is 1.67. The molecule has 0 aliphatic rings. The fourth-order valence-electron chi connectivity index (χ4n) is 1.43. The molecule has 0 aliphatic carbocycles. The highest BCUT2D eigenvalue weighted by atomic mass is 32.2. The number of carbonyl (C=O) groups is 1. The molecular formula is C11H14O4S. The zero-order valence-corrected chi connectivity index (χ0v) is 9.99. The molecule has 1 atom stereocenters. The summed E-state index contributed by atoms with van der Waals surface area (Å²) in [5.41, 5.74) is 0.727. The van der Waals surface area contributed by atoms with Gasteiger partial charge in [-0.25, -0.2) is 8.42 Å². The van der Waals surface area contributed by atoms with Crippen LogP contribution in [0.1, 0.15) is 24.8 Å². The van der Waals surface area contributed by atoms with Crippen LogP contribution in [0, 0.1) is 0 Å². The Hall–Kier alpha value is -1.36. The van der Waals surface area contributed by atoms with Crippen LogP contribution in [-0.2, 0) is 14.6 Å². The highest BCUT2D eigenvalue weighted by Gasteiger charge is 2.13. The van der Waals surface area contributed by atoms with Gasteiger partial charge < -0.3 is 5.11 Å². The third-order valence-electron chi connectivity index (χ3n) is 2.34. The summed E-state index contributed by atoms with van der Waals surface area (Å²) in [6.07, 6.45) is 1.13. The number of hydrogen-bond acceptors (Lipinski definition) is 3. The maximum Gasteiger partial charge on any atom is 0.303 e. The van der Waals surface area contributed by atoms with Gasteiger partial charge in [0, 0.05) is 6.26 Å². The Morgan fingerprint density at radius 2 is 2.06 bits per heavy atom. The Bertz CT molecular complexity index is 490. The number of benzene rings is 1. The van der Waals surface area contributed by atoms with Crippen molar-refractivity contribution in [2.75, 3.05) is 6.26 Å². The van der Waals surface area contributed by atoms with Crippen LogP contribution in [0.2, 0.25) is 0 Å². The van der Waals surface area contributed by atoms with E-state index < -0.39 is 15.8 Å². The van der Waals surface area contributed by atoms with Crippen molar-refractivity contribution < 1.29 is 18.3 Å². The maximum atomic E-state index is 11.3. The van der Waals surface area contributed by atoms with E-state index in [0.29, 0.717) is 0 Å². The van der Waals surface area contributed by atoms with E-state index in [2.05, 4.69) is 0 Å². The molecule has 1 rings (SSSR count). The maximum absolute atomic E-state index is 11.3. The van der Waals surface area contributed by atoms with Crippen LogP contribution in [0.15, 0.2) is 29.2 Å². The van der Waals surface area contributed by atoms with Gasteiger partial charge in [-0.1, -0.05) is 19.1 Å². The minimum absolute atomic E-state index is 0.00673. The van der Waals surface area contributed by atoms with Crippen molar-refractivity contribution in [3.05, 3.63) is 29.8 Å². The van der Waals surface area contributed by atoms with E-state index in [1.165, 1.54) is 12.1 Å². The van der Waals surface area contributed by atoms with Crippen LogP contribution in [0.5, 0.6) is 0 Å². The highest BCUT2D eigenvalue weighted by Crippen LogP contribution is 2.21. The van der Waals surface area contributed by atoms with Gasteiger partial charge >= 0.3 is 5.97 Å². The van der Waals surface area contributed by atoms with E-state index in [-0.39, 0.29) is 17.2 Å². The third kappa shape index (κ3) is 3.34. The Balaban J connectivity index is 3.04. The molecule has 1 aromatic carbocycles. The second-order valence-electron chi connectivity index (χ2n) is 3.84. The number of rotatable bonds is 4. The van der Waals surface area contributed by atoms with Gasteiger partial charge in [-0.15, -0.1) is 0 Å². The standard InChI is InChI=1S/C11H14O4S/c1-8(6-11(12)13)9-4-3-5-10(7-9)16(2,14)15/h3-5,7-8H,6H2,1-2H3,(H,12,13). The lowest BCUT2D eigenvalue weighted by atomic mass is 9.98. The topological polar surface area (TPSA) is 71.4 Å². The molecule has 0 fully saturated rings. The molecule has 0 amide bonds. The minimum Gasteiger partial charge on any atom is -0.481 e. The van der Waals surface area contributed by atoms with Gasteiger partial charge in [0.1, 0.15) is 0 Å². The minimum atomic E-state index is -3.23. The van der Waals surface area contributed by atoms with Crippen LogP contribution >= 0.6 is 0 Å². The molecule has 1 unspecified atom stereocenters. The summed E-state index contributed by atoms with van der Waals surface area (Å²) in [4.78, 5) is 10.8. The highest BCUT2D eigenvalue weighted by molar-refractivity contribution is 7.90. The van der Waals surface area contributed by atoms with E-state index in [1.807, 2.05) is 0 Å². The molecule has 1 N–H and O–H groups in total. The lowest BCUT2D eigenvalue weighted by Crippen LogP contribution is -2.04. The Kier molecular flexibility index (Phi) is 3.70. The molecular weight excluding hydrogens is 228 g/mol. The van der Waals surface area contributed by atoms with Crippen molar-refractivity contribution in [2.24, 2.45) is 0 Å². The van der Waals surface area contributed by atoms with Crippen molar-refractivity contribution >= 4 is 15.8 Å². The van der Waals surface area contributed by atoms with Gasteiger partial charge in [-0.3, -0.25) is 4.79 Å². The zero-order chi connectivity index (χ0) is 12.3. The summed E-state index contributed by atoms with van der Waals surface area (Å²) < 4.78 is 22.6. The number of carboxylic acids is 1. The predicted molar refractivity (Wildman–Crippen MR) is 60.2 cm³/mol.